The van der Waals surface area contributed by atoms with Gasteiger partial charge in [0.05, 0.1) is 0 Å². The van der Waals surface area contributed by atoms with Crippen molar-refractivity contribution < 1.29 is 19.4 Å². The zero-order valence-electron chi connectivity index (χ0n) is 13.8. The van der Waals surface area contributed by atoms with Crippen molar-refractivity contribution in [3.8, 4) is 0 Å². The molecule has 0 saturated carbocycles. The fourth-order valence-electron chi connectivity index (χ4n) is 2.68. The van der Waals surface area contributed by atoms with E-state index < -0.39 is 23.2 Å². The quantitative estimate of drug-likeness (QED) is 0.895. The van der Waals surface area contributed by atoms with Crippen LogP contribution >= 0.6 is 0 Å². The fraction of sp³-hybridized carbons (Fsp3) is 0.529. The number of nitrogens with one attached hydrogen (secondary N) is 1. The Kier molecular flexibility index (Phi) is 4.82. The number of nitrogens with zero attached hydrogens (tertiary/aromatic N) is 1. The van der Waals surface area contributed by atoms with Gasteiger partial charge in [0.15, 0.2) is 0 Å². The van der Waals surface area contributed by atoms with Crippen LogP contribution in [-0.2, 0) is 9.53 Å². The van der Waals surface area contributed by atoms with Gasteiger partial charge in [0, 0.05) is 18.8 Å². The van der Waals surface area contributed by atoms with Crippen LogP contribution in [0.5, 0.6) is 0 Å². The number of ether oxygens (including phenoxy) is 1. The fourth-order valence-corrected chi connectivity index (χ4v) is 2.68. The SMILES string of the molecule is CC(C)(C)OC(=O)NC1(C(=O)O)CCN(c2ccccc2)CC1. The molecule has 0 spiro atoms. The van der Waals surface area contributed by atoms with Crippen molar-refractivity contribution in [1.29, 1.82) is 0 Å². The van der Waals surface area contributed by atoms with Gasteiger partial charge in [-0.05, 0) is 45.7 Å². The average molecular weight is 320 g/mol. The molecule has 0 bridgehead atoms. The van der Waals surface area contributed by atoms with Gasteiger partial charge in [0.25, 0.3) is 0 Å². The Balaban J connectivity index is 2.04. The Morgan fingerprint density at radius 1 is 1.17 bits per heavy atom. The molecule has 1 aromatic rings. The smallest absolute Gasteiger partial charge is 0.408 e. The molecule has 23 heavy (non-hydrogen) atoms. The van der Waals surface area contributed by atoms with Crippen LogP contribution in [0.3, 0.4) is 0 Å². The monoisotopic (exact) mass is 320 g/mol. The number of piperidine rings is 1. The predicted molar refractivity (Wildman–Crippen MR) is 87.6 cm³/mol. The van der Waals surface area contributed by atoms with Crippen LogP contribution in [0.1, 0.15) is 33.6 Å². The Bertz CT molecular complexity index is 558. The third-order valence-corrected chi connectivity index (χ3v) is 3.89. The van der Waals surface area contributed by atoms with E-state index >= 15 is 0 Å². The lowest BCUT2D eigenvalue weighted by molar-refractivity contribution is -0.145. The van der Waals surface area contributed by atoms with E-state index in [1.165, 1.54) is 0 Å². The minimum absolute atomic E-state index is 0.330. The lowest BCUT2D eigenvalue weighted by Gasteiger charge is -2.40. The van der Waals surface area contributed by atoms with E-state index in [0.29, 0.717) is 25.9 Å². The summed E-state index contributed by atoms with van der Waals surface area (Å²) in [6.07, 6.45) is -0.0273. The summed E-state index contributed by atoms with van der Waals surface area (Å²) in [7, 11) is 0. The number of rotatable bonds is 3. The van der Waals surface area contributed by atoms with Crippen molar-refractivity contribution in [3.63, 3.8) is 0 Å². The van der Waals surface area contributed by atoms with Gasteiger partial charge in [-0.3, -0.25) is 0 Å². The lowest BCUT2D eigenvalue weighted by atomic mass is 9.87. The number of carboxylic acids is 1. The maximum absolute atomic E-state index is 12.0. The third-order valence-electron chi connectivity index (χ3n) is 3.89. The first-order chi connectivity index (χ1) is 10.7. The van der Waals surface area contributed by atoms with Crippen molar-refractivity contribution in [2.75, 3.05) is 18.0 Å². The summed E-state index contributed by atoms with van der Waals surface area (Å²) in [4.78, 5) is 25.8. The summed E-state index contributed by atoms with van der Waals surface area (Å²) in [5, 5.41) is 12.2. The second kappa shape index (κ2) is 6.48. The molecule has 1 aliphatic heterocycles. The number of hydrogen-bond acceptors (Lipinski definition) is 4. The van der Waals surface area contributed by atoms with Gasteiger partial charge in [-0.2, -0.15) is 0 Å². The van der Waals surface area contributed by atoms with Crippen LogP contribution in [-0.4, -0.2) is 41.4 Å². The Labute approximate surface area is 136 Å². The lowest BCUT2D eigenvalue weighted by Crippen LogP contribution is -2.60. The van der Waals surface area contributed by atoms with Crippen LogP contribution < -0.4 is 10.2 Å². The Morgan fingerprint density at radius 2 is 1.74 bits per heavy atom. The summed E-state index contributed by atoms with van der Waals surface area (Å²) in [5.41, 5.74) is -0.869. The normalized spacial score (nSPS) is 17.4. The van der Waals surface area contributed by atoms with E-state index in [0.717, 1.165) is 5.69 Å². The van der Waals surface area contributed by atoms with E-state index in [9.17, 15) is 14.7 Å². The van der Waals surface area contributed by atoms with Gasteiger partial charge < -0.3 is 20.1 Å². The molecule has 2 rings (SSSR count). The van der Waals surface area contributed by atoms with Crippen LogP contribution in [0.25, 0.3) is 0 Å². The number of para-hydroxylation sites is 1. The van der Waals surface area contributed by atoms with Gasteiger partial charge in [-0.1, -0.05) is 18.2 Å². The van der Waals surface area contributed by atoms with E-state index in [2.05, 4.69) is 10.2 Å². The Hall–Kier alpha value is -2.24. The molecule has 1 heterocycles. The van der Waals surface area contributed by atoms with Gasteiger partial charge in [0.1, 0.15) is 11.1 Å². The topological polar surface area (TPSA) is 78.9 Å². The maximum atomic E-state index is 12.0. The van der Waals surface area contributed by atoms with Crippen LogP contribution in [0, 0.1) is 0 Å². The molecule has 0 aliphatic carbocycles. The number of hydrogen-bond donors (Lipinski definition) is 2. The number of aliphatic carboxylic acids is 1. The third kappa shape index (κ3) is 4.37. The second-order valence-corrected chi connectivity index (χ2v) is 6.84. The number of alkyl carbamates (subject to hydrolysis) is 1. The number of benzene rings is 1. The summed E-state index contributed by atoms with van der Waals surface area (Å²) < 4.78 is 5.20. The van der Waals surface area contributed by atoms with Gasteiger partial charge in [0.2, 0.25) is 0 Å². The molecule has 1 amide bonds. The predicted octanol–water partition coefficient (Wildman–Crippen LogP) is 2.63. The maximum Gasteiger partial charge on any atom is 0.408 e. The molecule has 2 N–H and O–H groups in total. The van der Waals surface area contributed by atoms with Crippen molar-refractivity contribution >= 4 is 17.7 Å². The Morgan fingerprint density at radius 3 is 2.22 bits per heavy atom. The van der Waals surface area contributed by atoms with Crippen molar-refractivity contribution in [3.05, 3.63) is 30.3 Å². The number of carbonyl (C=O) groups excluding carboxylic acids is 1. The standard InChI is InChI=1S/C17H24N2O4/c1-16(2,3)23-15(22)18-17(14(20)21)9-11-19(12-10-17)13-7-5-4-6-8-13/h4-8H,9-12H2,1-3H3,(H,18,22)(H,20,21). The molecule has 1 aliphatic rings. The first-order valence-corrected chi connectivity index (χ1v) is 7.76. The molecule has 0 atom stereocenters. The molecule has 6 nitrogen and oxygen atoms in total. The minimum atomic E-state index is -1.27. The molecule has 0 unspecified atom stereocenters. The molecule has 6 heteroatoms. The summed E-state index contributed by atoms with van der Waals surface area (Å²) in [6, 6.07) is 9.84. The average Bonchev–Trinajstić information content (AvgIpc) is 2.46. The highest BCUT2D eigenvalue weighted by Gasteiger charge is 2.43. The van der Waals surface area contributed by atoms with Crippen LogP contribution in [0.2, 0.25) is 0 Å². The molecule has 1 fully saturated rings. The van der Waals surface area contributed by atoms with Crippen LogP contribution in [0.15, 0.2) is 30.3 Å². The summed E-state index contributed by atoms with van der Waals surface area (Å²) in [6.45, 7) is 6.37. The number of carboxylic acid groups (broad SMARTS) is 1. The zero-order valence-corrected chi connectivity index (χ0v) is 13.8. The minimum Gasteiger partial charge on any atom is -0.480 e. The van der Waals surface area contributed by atoms with E-state index in [-0.39, 0.29) is 0 Å². The highest BCUT2D eigenvalue weighted by molar-refractivity contribution is 5.85. The van der Waals surface area contributed by atoms with Crippen molar-refractivity contribution in [2.24, 2.45) is 0 Å². The highest BCUT2D eigenvalue weighted by Crippen LogP contribution is 2.27. The van der Waals surface area contributed by atoms with Crippen molar-refractivity contribution in [2.45, 2.75) is 44.8 Å². The first kappa shape index (κ1) is 17.1. The van der Waals surface area contributed by atoms with Crippen molar-refractivity contribution in [1.82, 2.24) is 5.32 Å². The zero-order chi connectivity index (χ0) is 17.1. The summed E-state index contributed by atoms with van der Waals surface area (Å²) in [5.74, 6) is -1.02. The largest absolute Gasteiger partial charge is 0.480 e. The number of carbonyl (C=O) groups is 2. The first-order valence-electron chi connectivity index (χ1n) is 7.76. The highest BCUT2D eigenvalue weighted by atomic mass is 16.6. The molecule has 0 aromatic heterocycles. The molecule has 1 saturated heterocycles. The van der Waals surface area contributed by atoms with Gasteiger partial charge >= 0.3 is 12.1 Å². The second-order valence-electron chi connectivity index (χ2n) is 6.84. The number of anilines is 1. The van der Waals surface area contributed by atoms with E-state index in [1.807, 2.05) is 30.3 Å². The molecule has 1 aromatic carbocycles. The van der Waals surface area contributed by atoms with E-state index in [4.69, 9.17) is 4.74 Å². The van der Waals surface area contributed by atoms with Crippen LogP contribution in [0.4, 0.5) is 10.5 Å². The molecular formula is C17H24N2O4. The van der Waals surface area contributed by atoms with E-state index in [1.54, 1.807) is 20.8 Å². The number of amides is 1. The molecule has 0 radical (unpaired) electrons. The molecule has 126 valence electrons. The summed E-state index contributed by atoms with van der Waals surface area (Å²) >= 11 is 0. The van der Waals surface area contributed by atoms with Gasteiger partial charge in [-0.15, -0.1) is 0 Å². The van der Waals surface area contributed by atoms with Gasteiger partial charge in [-0.25, -0.2) is 9.59 Å². The molecular weight excluding hydrogens is 296 g/mol.